The van der Waals surface area contributed by atoms with Gasteiger partial charge in [0, 0.05) is 0 Å². The average Bonchev–Trinajstić information content (AvgIpc) is 2.99. The molecule has 0 bridgehead atoms. The number of anilines is 1. The van der Waals surface area contributed by atoms with Crippen molar-refractivity contribution in [3.63, 3.8) is 0 Å². The van der Waals surface area contributed by atoms with Crippen LogP contribution in [0.1, 0.15) is 19.4 Å². The van der Waals surface area contributed by atoms with Crippen LogP contribution in [0, 0.1) is 19.3 Å². The fraction of sp³-hybridized carbons (Fsp3) is 0.375. The number of hydrogen-bond donors (Lipinski definition) is 1. The van der Waals surface area contributed by atoms with Gasteiger partial charge in [0.2, 0.25) is 0 Å². The summed E-state index contributed by atoms with van der Waals surface area (Å²) >= 11 is 1.39. The molecule has 1 saturated heterocycles. The van der Waals surface area contributed by atoms with Gasteiger partial charge in [-0.15, -0.1) is 6.42 Å². The Kier molecular flexibility index (Phi) is 3.35. The number of aryl methyl sites for hydroxylation is 1. The number of carbonyl (C=O) groups excluding carboxylic acids is 1. The van der Waals surface area contributed by atoms with E-state index in [2.05, 4.69) is 10.9 Å². The number of aliphatic hydroxyl groups is 1. The Balaban J connectivity index is 2.00. The highest BCUT2D eigenvalue weighted by Crippen LogP contribution is 2.34. The first-order chi connectivity index (χ1) is 10.3. The lowest BCUT2D eigenvalue weighted by atomic mass is 10.1. The highest BCUT2D eigenvalue weighted by Gasteiger charge is 2.44. The molecule has 1 N–H and O–H groups in total. The monoisotopic (exact) mass is 315 g/mol. The first kappa shape index (κ1) is 14.8. The molecule has 114 valence electrons. The third kappa shape index (κ3) is 2.23. The van der Waals surface area contributed by atoms with Crippen molar-refractivity contribution in [2.45, 2.75) is 32.5 Å². The van der Waals surface area contributed by atoms with Crippen LogP contribution in [0.3, 0.4) is 0 Å². The van der Waals surface area contributed by atoms with Crippen LogP contribution in [-0.4, -0.2) is 39.3 Å². The standard InChI is InChI=1S/C16H17N3O2S/c1-5-16(3,4)18-9-13(20)19(15(18)21)14-17-11-8-10(2)6-7-12(11)22-14/h1,6-8,13,20H,9H2,2-4H3. The van der Waals surface area contributed by atoms with E-state index in [-0.39, 0.29) is 12.6 Å². The molecule has 2 heterocycles. The number of terminal acetylenes is 1. The molecule has 1 atom stereocenters. The fourth-order valence-electron chi connectivity index (χ4n) is 2.46. The first-order valence-electron chi connectivity index (χ1n) is 6.97. The molecule has 1 aliphatic heterocycles. The summed E-state index contributed by atoms with van der Waals surface area (Å²) in [5.41, 5.74) is 1.18. The largest absolute Gasteiger partial charge is 0.371 e. The summed E-state index contributed by atoms with van der Waals surface area (Å²) in [6.07, 6.45) is 4.56. The minimum Gasteiger partial charge on any atom is -0.371 e. The van der Waals surface area contributed by atoms with E-state index in [1.54, 1.807) is 13.8 Å². The summed E-state index contributed by atoms with van der Waals surface area (Å²) in [6, 6.07) is 5.62. The number of nitrogens with zero attached hydrogens (tertiary/aromatic N) is 3. The minimum atomic E-state index is -0.943. The van der Waals surface area contributed by atoms with Crippen LogP contribution in [-0.2, 0) is 0 Å². The number of carbonyl (C=O) groups is 1. The predicted molar refractivity (Wildman–Crippen MR) is 87.9 cm³/mol. The topological polar surface area (TPSA) is 56.7 Å². The molecule has 5 nitrogen and oxygen atoms in total. The van der Waals surface area contributed by atoms with E-state index in [1.807, 2.05) is 25.1 Å². The Labute approximate surface area is 133 Å². The quantitative estimate of drug-likeness (QED) is 0.867. The van der Waals surface area contributed by atoms with E-state index in [0.29, 0.717) is 5.13 Å². The molecule has 0 saturated carbocycles. The summed E-state index contributed by atoms with van der Waals surface area (Å²) in [5, 5.41) is 10.8. The molecule has 1 fully saturated rings. The number of β-amino-alcohol motifs (C(OH)–C–C–N with tert-alkyl or cyclic N) is 1. The Hall–Kier alpha value is -2.10. The van der Waals surface area contributed by atoms with Crippen molar-refractivity contribution in [3.05, 3.63) is 23.8 Å². The number of urea groups is 1. The summed E-state index contributed by atoms with van der Waals surface area (Å²) in [7, 11) is 0. The lowest BCUT2D eigenvalue weighted by Gasteiger charge is -2.29. The van der Waals surface area contributed by atoms with Crippen molar-refractivity contribution >= 4 is 32.7 Å². The van der Waals surface area contributed by atoms with Crippen molar-refractivity contribution in [2.75, 3.05) is 11.4 Å². The first-order valence-corrected chi connectivity index (χ1v) is 7.79. The van der Waals surface area contributed by atoms with Crippen molar-refractivity contribution < 1.29 is 9.90 Å². The van der Waals surface area contributed by atoms with Gasteiger partial charge in [-0.2, -0.15) is 0 Å². The van der Waals surface area contributed by atoms with Gasteiger partial charge in [0.15, 0.2) is 11.4 Å². The van der Waals surface area contributed by atoms with Crippen LogP contribution in [0.25, 0.3) is 10.2 Å². The zero-order valence-corrected chi connectivity index (χ0v) is 13.5. The SMILES string of the molecule is C#CC(C)(C)N1CC(O)N(c2nc3cc(C)ccc3s2)C1=O. The Morgan fingerprint density at radius 2 is 2.23 bits per heavy atom. The number of thiazole rings is 1. The van der Waals surface area contributed by atoms with E-state index >= 15 is 0 Å². The van der Waals surface area contributed by atoms with Crippen LogP contribution in [0.15, 0.2) is 18.2 Å². The maximum absolute atomic E-state index is 12.6. The number of rotatable bonds is 2. The molecule has 6 heteroatoms. The van der Waals surface area contributed by atoms with Gasteiger partial charge < -0.3 is 10.0 Å². The van der Waals surface area contributed by atoms with Gasteiger partial charge in [-0.25, -0.2) is 14.7 Å². The molecule has 0 spiro atoms. The van der Waals surface area contributed by atoms with Gasteiger partial charge in [0.25, 0.3) is 0 Å². The van der Waals surface area contributed by atoms with E-state index < -0.39 is 11.8 Å². The van der Waals surface area contributed by atoms with Crippen molar-refractivity contribution in [3.8, 4) is 12.3 Å². The van der Waals surface area contributed by atoms with Crippen LogP contribution < -0.4 is 4.90 Å². The lowest BCUT2D eigenvalue weighted by Crippen LogP contribution is -2.45. The molecule has 1 unspecified atom stereocenters. The second-order valence-corrected chi connectivity index (χ2v) is 6.92. The maximum Gasteiger partial charge on any atom is 0.329 e. The number of aromatic nitrogens is 1. The molecular formula is C16H17N3O2S. The third-order valence-corrected chi connectivity index (χ3v) is 4.88. The lowest BCUT2D eigenvalue weighted by molar-refractivity contribution is 0.150. The van der Waals surface area contributed by atoms with Crippen molar-refractivity contribution in [1.29, 1.82) is 0 Å². The highest BCUT2D eigenvalue weighted by molar-refractivity contribution is 7.22. The molecule has 2 aromatic rings. The van der Waals surface area contributed by atoms with E-state index in [1.165, 1.54) is 21.1 Å². The zero-order chi connectivity index (χ0) is 16.1. The average molecular weight is 315 g/mol. The van der Waals surface area contributed by atoms with Crippen LogP contribution in [0.5, 0.6) is 0 Å². The highest BCUT2D eigenvalue weighted by atomic mass is 32.1. The Morgan fingerprint density at radius 1 is 1.50 bits per heavy atom. The van der Waals surface area contributed by atoms with Gasteiger partial charge in [-0.1, -0.05) is 23.3 Å². The molecule has 2 amide bonds. The number of aliphatic hydroxyl groups excluding tert-OH is 1. The fourth-order valence-corrected chi connectivity index (χ4v) is 3.45. The molecule has 0 aliphatic carbocycles. The summed E-state index contributed by atoms with van der Waals surface area (Å²) in [6.45, 7) is 5.72. The Bertz CT molecular complexity index is 790. The zero-order valence-electron chi connectivity index (χ0n) is 12.7. The molecule has 1 aliphatic rings. The second-order valence-electron chi connectivity index (χ2n) is 5.91. The van der Waals surface area contributed by atoms with Crippen LogP contribution in [0.2, 0.25) is 0 Å². The minimum absolute atomic E-state index is 0.172. The maximum atomic E-state index is 12.6. The predicted octanol–water partition coefficient (Wildman–Crippen LogP) is 2.58. The van der Waals surface area contributed by atoms with E-state index in [9.17, 15) is 9.90 Å². The normalized spacial score (nSPS) is 19.0. The Morgan fingerprint density at radius 3 is 2.91 bits per heavy atom. The number of amides is 2. The van der Waals surface area contributed by atoms with Gasteiger partial charge in [-0.3, -0.25) is 0 Å². The summed E-state index contributed by atoms with van der Waals surface area (Å²) in [5.74, 6) is 2.59. The molecule has 1 aromatic heterocycles. The number of fused-ring (bicyclic) bond motifs is 1. The molecule has 1 aromatic carbocycles. The second kappa shape index (κ2) is 4.97. The van der Waals surface area contributed by atoms with Crippen molar-refractivity contribution in [1.82, 2.24) is 9.88 Å². The van der Waals surface area contributed by atoms with Crippen molar-refractivity contribution in [2.24, 2.45) is 0 Å². The van der Waals surface area contributed by atoms with E-state index in [4.69, 9.17) is 6.42 Å². The molecule has 22 heavy (non-hydrogen) atoms. The smallest absolute Gasteiger partial charge is 0.329 e. The summed E-state index contributed by atoms with van der Waals surface area (Å²) < 4.78 is 0.982. The molecule has 0 radical (unpaired) electrons. The van der Waals surface area contributed by atoms with Crippen LogP contribution >= 0.6 is 11.3 Å². The molecule has 3 rings (SSSR count). The van der Waals surface area contributed by atoms with Gasteiger partial charge >= 0.3 is 6.03 Å². The van der Waals surface area contributed by atoms with E-state index in [0.717, 1.165) is 15.8 Å². The number of benzene rings is 1. The van der Waals surface area contributed by atoms with Gasteiger partial charge in [0.1, 0.15) is 0 Å². The van der Waals surface area contributed by atoms with Gasteiger partial charge in [0.05, 0.1) is 22.3 Å². The number of hydrogen-bond acceptors (Lipinski definition) is 4. The van der Waals surface area contributed by atoms with Crippen LogP contribution in [0.4, 0.5) is 9.93 Å². The summed E-state index contributed by atoms with van der Waals surface area (Å²) in [4.78, 5) is 19.9. The van der Waals surface area contributed by atoms with Gasteiger partial charge in [-0.05, 0) is 38.5 Å². The molecular weight excluding hydrogens is 298 g/mol. The third-order valence-electron chi connectivity index (χ3n) is 3.85.